The quantitative estimate of drug-likeness (QED) is 0.416. The summed E-state index contributed by atoms with van der Waals surface area (Å²) < 4.78 is 19.7. The molecule has 3 nitrogen and oxygen atoms in total. The van der Waals surface area contributed by atoms with Crippen molar-refractivity contribution in [1.29, 1.82) is 5.26 Å². The van der Waals surface area contributed by atoms with E-state index in [4.69, 9.17) is 16.3 Å². The molecule has 0 unspecified atom stereocenters. The summed E-state index contributed by atoms with van der Waals surface area (Å²) in [5.41, 5.74) is 2.70. The van der Waals surface area contributed by atoms with Gasteiger partial charge in [0.1, 0.15) is 23.1 Å². The second kappa shape index (κ2) is 5.22. The van der Waals surface area contributed by atoms with Crippen LogP contribution in [0.25, 0.3) is 37.9 Å². The molecule has 0 bridgehead atoms. The van der Waals surface area contributed by atoms with Gasteiger partial charge < -0.3 is 4.42 Å². The minimum Gasteiger partial charge on any atom is -0.456 e. The van der Waals surface area contributed by atoms with Crippen molar-refractivity contribution >= 4 is 27.6 Å². The van der Waals surface area contributed by atoms with E-state index in [1.54, 1.807) is 6.07 Å². The number of fused-ring (bicyclic) bond motifs is 3. The zero-order valence-corrected chi connectivity index (χ0v) is 12.4. The number of nitriles is 1. The molecular formula is C20H9FN2O. The molecule has 1 heterocycles. The Morgan fingerprint density at radius 2 is 1.75 bits per heavy atom. The van der Waals surface area contributed by atoms with E-state index in [1.807, 2.05) is 42.5 Å². The lowest BCUT2D eigenvalue weighted by Gasteiger charge is -2.05. The molecule has 24 heavy (non-hydrogen) atoms. The third kappa shape index (κ3) is 2.02. The average Bonchev–Trinajstić information content (AvgIpc) is 2.99. The standard InChI is InChI=1S/C20H9FN2O/c1-23-17-10-13(8-14(11-22)20(17)21)12-6-7-19-16(9-12)15-4-2-3-5-18(15)24-19/h2-10H. The molecule has 0 atom stereocenters. The van der Waals surface area contributed by atoms with Gasteiger partial charge in [-0.2, -0.15) is 5.26 Å². The van der Waals surface area contributed by atoms with Gasteiger partial charge in [0, 0.05) is 10.8 Å². The van der Waals surface area contributed by atoms with Crippen LogP contribution in [0.2, 0.25) is 0 Å². The van der Waals surface area contributed by atoms with E-state index in [1.165, 1.54) is 12.1 Å². The zero-order valence-electron chi connectivity index (χ0n) is 12.4. The first-order chi connectivity index (χ1) is 11.7. The van der Waals surface area contributed by atoms with Gasteiger partial charge in [-0.1, -0.05) is 24.3 Å². The van der Waals surface area contributed by atoms with Crippen LogP contribution < -0.4 is 0 Å². The summed E-state index contributed by atoms with van der Waals surface area (Å²) in [5, 5.41) is 11.0. The van der Waals surface area contributed by atoms with Crippen LogP contribution in [0.3, 0.4) is 0 Å². The first-order valence-electron chi connectivity index (χ1n) is 7.24. The van der Waals surface area contributed by atoms with E-state index in [0.29, 0.717) is 5.56 Å². The van der Waals surface area contributed by atoms with Gasteiger partial charge in [-0.15, -0.1) is 0 Å². The van der Waals surface area contributed by atoms with Crippen LogP contribution in [-0.4, -0.2) is 0 Å². The van der Waals surface area contributed by atoms with Crippen molar-refractivity contribution in [2.75, 3.05) is 0 Å². The number of furan rings is 1. The minimum atomic E-state index is -0.772. The minimum absolute atomic E-state index is 0.129. The highest BCUT2D eigenvalue weighted by Crippen LogP contribution is 2.34. The number of rotatable bonds is 1. The summed E-state index contributed by atoms with van der Waals surface area (Å²) >= 11 is 0. The number of halogens is 1. The Morgan fingerprint density at radius 1 is 0.958 bits per heavy atom. The Morgan fingerprint density at radius 3 is 2.54 bits per heavy atom. The summed E-state index contributed by atoms with van der Waals surface area (Å²) in [4.78, 5) is 3.17. The molecule has 0 aliphatic rings. The Hall–Kier alpha value is -3.63. The van der Waals surface area contributed by atoms with Crippen molar-refractivity contribution in [3.63, 3.8) is 0 Å². The fourth-order valence-corrected chi connectivity index (χ4v) is 2.84. The number of para-hydroxylation sites is 1. The van der Waals surface area contributed by atoms with Gasteiger partial charge in [-0.25, -0.2) is 9.24 Å². The first-order valence-corrected chi connectivity index (χ1v) is 7.24. The van der Waals surface area contributed by atoms with Gasteiger partial charge in [0.25, 0.3) is 0 Å². The Labute approximate surface area is 137 Å². The van der Waals surface area contributed by atoms with Gasteiger partial charge in [0.15, 0.2) is 0 Å². The molecule has 0 radical (unpaired) electrons. The molecule has 112 valence electrons. The molecule has 0 spiro atoms. The fourth-order valence-electron chi connectivity index (χ4n) is 2.84. The van der Waals surface area contributed by atoms with Crippen molar-refractivity contribution in [3.8, 4) is 17.2 Å². The summed E-state index contributed by atoms with van der Waals surface area (Å²) in [5.74, 6) is -0.772. The molecule has 3 aromatic carbocycles. The molecule has 0 saturated heterocycles. The molecule has 0 aliphatic carbocycles. The highest BCUT2D eigenvalue weighted by Gasteiger charge is 2.13. The number of nitrogens with zero attached hydrogens (tertiary/aromatic N) is 2. The van der Waals surface area contributed by atoms with Crippen molar-refractivity contribution in [2.24, 2.45) is 0 Å². The lowest BCUT2D eigenvalue weighted by Crippen LogP contribution is -1.87. The van der Waals surface area contributed by atoms with Crippen molar-refractivity contribution in [3.05, 3.63) is 77.4 Å². The molecule has 0 N–H and O–H groups in total. The maximum absolute atomic E-state index is 13.9. The average molecular weight is 312 g/mol. The smallest absolute Gasteiger partial charge is 0.224 e. The molecule has 1 aromatic heterocycles. The molecule has 0 amide bonds. The predicted octanol–water partition coefficient (Wildman–Crippen LogP) is 5.81. The lowest BCUT2D eigenvalue weighted by atomic mass is 10.00. The van der Waals surface area contributed by atoms with Crippen LogP contribution >= 0.6 is 0 Å². The highest BCUT2D eigenvalue weighted by molar-refractivity contribution is 6.06. The van der Waals surface area contributed by atoms with Crippen LogP contribution in [-0.2, 0) is 0 Å². The fraction of sp³-hybridized carbons (Fsp3) is 0. The number of hydrogen-bond acceptors (Lipinski definition) is 2. The Bertz CT molecular complexity index is 1160. The van der Waals surface area contributed by atoms with E-state index in [9.17, 15) is 4.39 Å². The van der Waals surface area contributed by atoms with E-state index < -0.39 is 5.82 Å². The van der Waals surface area contributed by atoms with E-state index >= 15 is 0 Å². The van der Waals surface area contributed by atoms with Gasteiger partial charge in [-0.05, 0) is 41.5 Å². The van der Waals surface area contributed by atoms with Gasteiger partial charge in [-0.3, -0.25) is 0 Å². The topological polar surface area (TPSA) is 41.3 Å². The monoisotopic (exact) mass is 312 g/mol. The second-order valence-corrected chi connectivity index (χ2v) is 5.39. The highest BCUT2D eigenvalue weighted by atomic mass is 19.1. The molecule has 4 rings (SSSR count). The van der Waals surface area contributed by atoms with Crippen LogP contribution in [0.5, 0.6) is 0 Å². The first kappa shape index (κ1) is 14.0. The number of benzene rings is 3. The normalized spacial score (nSPS) is 10.6. The van der Waals surface area contributed by atoms with Crippen LogP contribution in [0.15, 0.2) is 59.0 Å². The van der Waals surface area contributed by atoms with Crippen LogP contribution in [0, 0.1) is 23.7 Å². The maximum Gasteiger partial charge on any atom is 0.224 e. The van der Waals surface area contributed by atoms with Crippen molar-refractivity contribution < 1.29 is 8.81 Å². The van der Waals surface area contributed by atoms with Crippen molar-refractivity contribution in [2.45, 2.75) is 0 Å². The molecule has 4 aromatic rings. The van der Waals surface area contributed by atoms with Crippen LogP contribution in [0.4, 0.5) is 10.1 Å². The zero-order chi connectivity index (χ0) is 16.7. The Balaban J connectivity index is 1.99. The Kier molecular flexibility index (Phi) is 3.05. The van der Waals surface area contributed by atoms with E-state index in [-0.39, 0.29) is 11.3 Å². The molecule has 0 saturated carbocycles. The van der Waals surface area contributed by atoms with E-state index in [2.05, 4.69) is 4.85 Å². The molecule has 0 aliphatic heterocycles. The van der Waals surface area contributed by atoms with E-state index in [0.717, 1.165) is 27.5 Å². The maximum atomic E-state index is 13.9. The lowest BCUT2D eigenvalue weighted by molar-refractivity contribution is 0.630. The van der Waals surface area contributed by atoms with Crippen molar-refractivity contribution in [1.82, 2.24) is 0 Å². The largest absolute Gasteiger partial charge is 0.456 e. The van der Waals surface area contributed by atoms with Gasteiger partial charge in [0.05, 0.1) is 12.1 Å². The summed E-state index contributed by atoms with van der Waals surface area (Å²) in [7, 11) is 0. The van der Waals surface area contributed by atoms with Crippen LogP contribution in [0.1, 0.15) is 5.56 Å². The summed E-state index contributed by atoms with van der Waals surface area (Å²) in [6.45, 7) is 7.09. The third-order valence-electron chi connectivity index (χ3n) is 4.00. The molecule has 0 fully saturated rings. The molecule has 4 heteroatoms. The predicted molar refractivity (Wildman–Crippen MR) is 90.1 cm³/mol. The summed E-state index contributed by atoms with van der Waals surface area (Å²) in [6, 6.07) is 18.1. The second-order valence-electron chi connectivity index (χ2n) is 5.39. The van der Waals surface area contributed by atoms with Gasteiger partial charge in [0.2, 0.25) is 5.69 Å². The molecular weight excluding hydrogens is 303 g/mol. The van der Waals surface area contributed by atoms with Gasteiger partial charge >= 0.3 is 0 Å². The summed E-state index contributed by atoms with van der Waals surface area (Å²) in [6.07, 6.45) is 0. The number of hydrogen-bond donors (Lipinski definition) is 0. The third-order valence-corrected chi connectivity index (χ3v) is 4.00. The SMILES string of the molecule is [C-]#[N+]c1cc(-c2ccc3oc4ccccc4c3c2)cc(C#N)c1F.